The van der Waals surface area contributed by atoms with E-state index in [2.05, 4.69) is 40.3 Å². The number of thiophene rings is 1. The highest BCUT2D eigenvalue weighted by Crippen LogP contribution is 2.30. The summed E-state index contributed by atoms with van der Waals surface area (Å²) in [6.45, 7) is 1.70. The van der Waals surface area contributed by atoms with Crippen molar-refractivity contribution >= 4 is 28.7 Å². The van der Waals surface area contributed by atoms with Crippen LogP contribution in [-0.4, -0.2) is 18.2 Å². The van der Waals surface area contributed by atoms with E-state index in [1.807, 2.05) is 6.07 Å². The Balaban J connectivity index is 1.47. The minimum Gasteiger partial charge on any atom is -0.325 e. The standard InChI is InChI=1S/C24H24N2O2S/c1-16(27)18-6-3-8-21(14-18)26-23(28)15-25-24(22-9-4-12-29-22)20-11-10-17-5-2-7-19(17)13-20/h3-4,6,8-14,24-25H,2,5,7,15H2,1H3,(H,26,28). The quantitative estimate of drug-likeness (QED) is 0.559. The van der Waals surface area contributed by atoms with E-state index >= 15 is 0 Å². The Labute approximate surface area is 175 Å². The van der Waals surface area contributed by atoms with Crippen LogP contribution in [-0.2, 0) is 17.6 Å². The lowest BCUT2D eigenvalue weighted by molar-refractivity contribution is -0.115. The average molecular weight is 405 g/mol. The third-order valence-electron chi connectivity index (χ3n) is 5.30. The number of carbonyl (C=O) groups is 2. The SMILES string of the molecule is CC(=O)c1cccc(NC(=O)CNC(c2ccc3c(c2)CCC3)c2cccs2)c1. The maximum absolute atomic E-state index is 12.5. The molecule has 1 amide bonds. The van der Waals surface area contributed by atoms with E-state index < -0.39 is 0 Å². The van der Waals surface area contributed by atoms with Gasteiger partial charge < -0.3 is 5.32 Å². The van der Waals surface area contributed by atoms with Gasteiger partial charge in [0.15, 0.2) is 5.78 Å². The summed E-state index contributed by atoms with van der Waals surface area (Å²) in [6, 6.07) is 17.8. The molecule has 148 valence electrons. The second-order valence-corrected chi connectivity index (χ2v) is 8.38. The van der Waals surface area contributed by atoms with Gasteiger partial charge in [0.25, 0.3) is 0 Å². The molecule has 29 heavy (non-hydrogen) atoms. The van der Waals surface area contributed by atoms with Gasteiger partial charge in [-0.2, -0.15) is 0 Å². The fourth-order valence-corrected chi connectivity index (χ4v) is 4.65. The van der Waals surface area contributed by atoms with E-state index in [-0.39, 0.29) is 24.3 Å². The number of carbonyl (C=O) groups excluding carboxylic acids is 2. The van der Waals surface area contributed by atoms with Crippen LogP contribution in [0.15, 0.2) is 60.0 Å². The average Bonchev–Trinajstić information content (AvgIpc) is 3.40. The molecule has 3 aromatic rings. The van der Waals surface area contributed by atoms with Gasteiger partial charge in [-0.1, -0.05) is 36.4 Å². The van der Waals surface area contributed by atoms with E-state index in [9.17, 15) is 9.59 Å². The molecule has 0 fully saturated rings. The first kappa shape index (κ1) is 19.6. The summed E-state index contributed by atoms with van der Waals surface area (Å²) in [5, 5.41) is 8.36. The van der Waals surface area contributed by atoms with Crippen LogP contribution in [0.5, 0.6) is 0 Å². The van der Waals surface area contributed by atoms with Crippen molar-refractivity contribution in [2.75, 3.05) is 11.9 Å². The van der Waals surface area contributed by atoms with Gasteiger partial charge in [-0.15, -0.1) is 11.3 Å². The van der Waals surface area contributed by atoms with E-state index in [0.29, 0.717) is 11.3 Å². The van der Waals surface area contributed by atoms with Crippen LogP contribution in [0.25, 0.3) is 0 Å². The summed E-state index contributed by atoms with van der Waals surface area (Å²) in [5.41, 5.74) is 5.29. The molecule has 1 aromatic heterocycles. The van der Waals surface area contributed by atoms with Crippen LogP contribution in [0, 0.1) is 0 Å². The van der Waals surface area contributed by atoms with Crippen molar-refractivity contribution in [3.05, 3.63) is 87.1 Å². The lowest BCUT2D eigenvalue weighted by Gasteiger charge is -2.19. The Morgan fingerprint density at radius 1 is 1.03 bits per heavy atom. The number of amides is 1. The van der Waals surface area contributed by atoms with Gasteiger partial charge in [0.1, 0.15) is 0 Å². The van der Waals surface area contributed by atoms with Gasteiger partial charge in [0.2, 0.25) is 5.91 Å². The number of fused-ring (bicyclic) bond motifs is 1. The molecule has 5 heteroatoms. The monoisotopic (exact) mass is 404 g/mol. The highest BCUT2D eigenvalue weighted by atomic mass is 32.1. The zero-order valence-corrected chi connectivity index (χ0v) is 17.2. The summed E-state index contributed by atoms with van der Waals surface area (Å²) in [4.78, 5) is 25.3. The fraction of sp³-hybridized carbons (Fsp3) is 0.250. The first-order chi connectivity index (χ1) is 14.1. The highest BCUT2D eigenvalue weighted by molar-refractivity contribution is 7.10. The second-order valence-electron chi connectivity index (χ2n) is 7.40. The second kappa shape index (κ2) is 8.72. The summed E-state index contributed by atoms with van der Waals surface area (Å²) >= 11 is 1.69. The number of hydrogen-bond donors (Lipinski definition) is 2. The van der Waals surface area contributed by atoms with Crippen molar-refractivity contribution in [3.8, 4) is 0 Å². The smallest absolute Gasteiger partial charge is 0.238 e. The van der Waals surface area contributed by atoms with Crippen LogP contribution in [0.2, 0.25) is 0 Å². The third kappa shape index (κ3) is 4.63. The van der Waals surface area contributed by atoms with Gasteiger partial charge in [0.05, 0.1) is 12.6 Å². The molecule has 1 unspecified atom stereocenters. The molecule has 0 radical (unpaired) electrons. The summed E-state index contributed by atoms with van der Waals surface area (Å²) in [5.74, 6) is -0.151. The molecule has 1 atom stereocenters. The van der Waals surface area contributed by atoms with Crippen LogP contribution in [0.1, 0.15) is 51.3 Å². The molecule has 4 rings (SSSR count). The lowest BCUT2D eigenvalue weighted by Crippen LogP contribution is -2.31. The molecule has 2 aromatic carbocycles. The predicted molar refractivity (Wildman–Crippen MR) is 118 cm³/mol. The van der Waals surface area contributed by atoms with E-state index in [4.69, 9.17) is 0 Å². The number of Topliss-reactive ketones (excluding diaryl/α,β-unsaturated/α-hetero) is 1. The van der Waals surface area contributed by atoms with E-state index in [1.165, 1.54) is 34.9 Å². The largest absolute Gasteiger partial charge is 0.325 e. The van der Waals surface area contributed by atoms with Gasteiger partial charge in [-0.25, -0.2) is 0 Å². The molecular weight excluding hydrogens is 380 g/mol. The Kier molecular flexibility index (Phi) is 5.88. The normalized spacial score (nSPS) is 13.7. The van der Waals surface area contributed by atoms with Crippen LogP contribution < -0.4 is 10.6 Å². The van der Waals surface area contributed by atoms with Crippen molar-refractivity contribution in [2.45, 2.75) is 32.2 Å². The van der Waals surface area contributed by atoms with Crippen LogP contribution in [0.3, 0.4) is 0 Å². The van der Waals surface area contributed by atoms with Crippen LogP contribution >= 0.6 is 11.3 Å². The molecule has 0 saturated heterocycles. The van der Waals surface area contributed by atoms with Crippen molar-refractivity contribution < 1.29 is 9.59 Å². The lowest BCUT2D eigenvalue weighted by atomic mass is 10.00. The number of benzene rings is 2. The molecule has 1 aliphatic carbocycles. The number of rotatable bonds is 7. The van der Waals surface area contributed by atoms with Gasteiger partial charge >= 0.3 is 0 Å². The zero-order chi connectivity index (χ0) is 20.2. The first-order valence-corrected chi connectivity index (χ1v) is 10.8. The van der Waals surface area contributed by atoms with E-state index in [0.717, 1.165) is 12.8 Å². The molecular formula is C24H24N2O2S. The first-order valence-electron chi connectivity index (χ1n) is 9.89. The van der Waals surface area contributed by atoms with Gasteiger partial charge in [-0.3, -0.25) is 14.9 Å². The number of anilines is 1. The summed E-state index contributed by atoms with van der Waals surface area (Å²) < 4.78 is 0. The van der Waals surface area contributed by atoms with Crippen molar-refractivity contribution in [1.82, 2.24) is 5.32 Å². The topological polar surface area (TPSA) is 58.2 Å². The molecule has 0 spiro atoms. The Morgan fingerprint density at radius 3 is 2.69 bits per heavy atom. The minimum atomic E-state index is -0.131. The Bertz CT molecular complexity index is 1030. The molecule has 1 aliphatic rings. The summed E-state index contributed by atoms with van der Waals surface area (Å²) in [7, 11) is 0. The van der Waals surface area contributed by atoms with Crippen LogP contribution in [0.4, 0.5) is 5.69 Å². The maximum Gasteiger partial charge on any atom is 0.238 e. The maximum atomic E-state index is 12.5. The molecule has 1 heterocycles. The third-order valence-corrected chi connectivity index (χ3v) is 6.24. The molecule has 0 saturated carbocycles. The minimum absolute atomic E-state index is 0.0183. The number of nitrogens with one attached hydrogen (secondary N) is 2. The molecule has 2 N–H and O–H groups in total. The highest BCUT2D eigenvalue weighted by Gasteiger charge is 2.19. The number of ketones is 1. The van der Waals surface area contributed by atoms with E-state index in [1.54, 1.807) is 35.6 Å². The van der Waals surface area contributed by atoms with Gasteiger partial charge in [0, 0.05) is 16.1 Å². The fourth-order valence-electron chi connectivity index (χ4n) is 3.83. The Morgan fingerprint density at radius 2 is 1.90 bits per heavy atom. The predicted octanol–water partition coefficient (Wildman–Crippen LogP) is 4.76. The molecule has 0 aliphatic heterocycles. The Hall–Kier alpha value is -2.76. The van der Waals surface area contributed by atoms with Crippen molar-refractivity contribution in [2.24, 2.45) is 0 Å². The van der Waals surface area contributed by atoms with Crippen molar-refractivity contribution in [3.63, 3.8) is 0 Å². The van der Waals surface area contributed by atoms with Gasteiger partial charge in [-0.05, 0) is 66.5 Å². The summed E-state index contributed by atoms with van der Waals surface area (Å²) in [6.07, 6.45) is 3.51. The molecule has 0 bridgehead atoms. The number of aryl methyl sites for hydroxylation is 2. The molecule has 4 nitrogen and oxygen atoms in total. The zero-order valence-electron chi connectivity index (χ0n) is 16.4. The number of hydrogen-bond acceptors (Lipinski definition) is 4. The van der Waals surface area contributed by atoms with Crippen molar-refractivity contribution in [1.29, 1.82) is 0 Å².